The van der Waals surface area contributed by atoms with E-state index in [1.54, 1.807) is 13.8 Å². The summed E-state index contributed by atoms with van der Waals surface area (Å²) in [6.07, 6.45) is -0.0625. The van der Waals surface area contributed by atoms with Gasteiger partial charge in [-0.15, -0.1) is 0 Å². The quantitative estimate of drug-likeness (QED) is 0.621. The van der Waals surface area contributed by atoms with Crippen LogP contribution in [0.5, 0.6) is 0 Å². The molecule has 0 aromatic heterocycles. The molecule has 0 aromatic rings. The molecule has 2 unspecified atom stereocenters. The number of rotatable bonds is 2. The second-order valence-electron chi connectivity index (χ2n) is 3.47. The Morgan fingerprint density at radius 1 is 1.73 bits per heavy atom. The molecule has 0 bridgehead atoms. The van der Waals surface area contributed by atoms with Crippen LogP contribution in [0, 0.1) is 5.92 Å². The fraction of sp³-hybridized carbons (Fsp3) is 0.857. The van der Waals surface area contributed by atoms with E-state index in [1.165, 1.54) is 0 Å². The predicted octanol–water partition coefficient (Wildman–Crippen LogP) is 0.536. The van der Waals surface area contributed by atoms with E-state index in [0.717, 1.165) is 0 Å². The van der Waals surface area contributed by atoms with Crippen molar-refractivity contribution in [3.8, 4) is 0 Å². The monoisotopic (exact) mass is 161 g/mol. The Hall–Kier alpha value is -0.640. The van der Waals surface area contributed by atoms with Crippen molar-refractivity contribution in [3.63, 3.8) is 0 Å². The van der Waals surface area contributed by atoms with Crippen LogP contribution in [0.25, 0.3) is 0 Å². The molecule has 11 heavy (non-hydrogen) atoms. The first-order valence-corrected chi connectivity index (χ1v) is 3.56. The molecule has 4 heteroatoms. The van der Waals surface area contributed by atoms with Gasteiger partial charge in [-0.3, -0.25) is 4.79 Å². The second-order valence-corrected chi connectivity index (χ2v) is 3.47. The number of carbonyl (C=O) groups is 1. The molecule has 0 aromatic carbocycles. The minimum Gasteiger partial charge on any atom is -0.480 e. The molecule has 3 N–H and O–H groups in total. The zero-order valence-electron chi connectivity index (χ0n) is 6.60. The number of carboxylic acid groups (broad SMARTS) is 1. The van der Waals surface area contributed by atoms with Crippen LogP contribution in [0.2, 0.25) is 0 Å². The Bertz CT molecular complexity index is 207. The van der Waals surface area contributed by atoms with Gasteiger partial charge >= 0.3 is 5.97 Å². The molecule has 1 fully saturated rings. The fourth-order valence-corrected chi connectivity index (χ4v) is 1.33. The summed E-state index contributed by atoms with van der Waals surface area (Å²) in [7, 11) is 0. The largest absolute Gasteiger partial charge is 0.480 e. The lowest BCUT2D eigenvalue weighted by Crippen LogP contribution is -2.42. The third-order valence-corrected chi connectivity index (χ3v) is 2.45. The van der Waals surface area contributed by atoms with E-state index in [0.29, 0.717) is 0 Å². The lowest BCUT2D eigenvalue weighted by atomic mass is 10.0. The number of aliphatic carboxylic acids is 1. The van der Waals surface area contributed by atoms with Gasteiger partial charge in [-0.1, -0.05) is 13.8 Å². The van der Waals surface area contributed by atoms with Crippen molar-refractivity contribution in [2.45, 2.75) is 31.5 Å². The zero-order chi connectivity index (χ0) is 8.86. The van der Waals surface area contributed by atoms with Crippen LogP contribution in [0.3, 0.4) is 0 Å². The highest BCUT2D eigenvalue weighted by Crippen LogP contribution is 2.54. The summed E-state index contributed by atoms with van der Waals surface area (Å²) in [6.45, 7) is 3.27. The Labute approximate surface area is 64.4 Å². The number of halogens is 1. The van der Waals surface area contributed by atoms with Crippen molar-refractivity contribution >= 4 is 5.97 Å². The Morgan fingerprint density at radius 3 is 2.27 bits per heavy atom. The van der Waals surface area contributed by atoms with Crippen molar-refractivity contribution in [1.82, 2.24) is 0 Å². The van der Waals surface area contributed by atoms with Gasteiger partial charge in [-0.2, -0.15) is 0 Å². The van der Waals surface area contributed by atoms with Gasteiger partial charge in [0, 0.05) is 6.42 Å². The molecule has 0 spiro atoms. The molecule has 0 saturated heterocycles. The first kappa shape index (κ1) is 8.46. The van der Waals surface area contributed by atoms with Gasteiger partial charge in [0.2, 0.25) is 0 Å². The lowest BCUT2D eigenvalue weighted by Gasteiger charge is -2.14. The van der Waals surface area contributed by atoms with Crippen LogP contribution < -0.4 is 5.73 Å². The maximum atomic E-state index is 13.4. The predicted molar refractivity (Wildman–Crippen MR) is 37.8 cm³/mol. The Morgan fingerprint density at radius 2 is 2.18 bits per heavy atom. The summed E-state index contributed by atoms with van der Waals surface area (Å²) in [5.74, 6) is -1.57. The molecular formula is C7H12FNO2. The molecule has 1 aliphatic carbocycles. The number of carboxylic acids is 1. The molecular weight excluding hydrogens is 149 g/mol. The smallest absolute Gasteiger partial charge is 0.327 e. The second kappa shape index (κ2) is 1.94. The maximum absolute atomic E-state index is 13.4. The van der Waals surface area contributed by atoms with Crippen LogP contribution in [0.1, 0.15) is 20.3 Å². The van der Waals surface area contributed by atoms with Crippen molar-refractivity contribution in [1.29, 1.82) is 0 Å². The van der Waals surface area contributed by atoms with Gasteiger partial charge in [0.25, 0.3) is 0 Å². The number of alkyl halides is 1. The van der Waals surface area contributed by atoms with E-state index in [1.807, 2.05) is 0 Å². The molecule has 0 radical (unpaired) electrons. The molecule has 1 rings (SSSR count). The molecule has 1 saturated carbocycles. The molecule has 0 aliphatic heterocycles. The SMILES string of the molecule is CC(C)C1(F)CC1(N)C(=O)O. The van der Waals surface area contributed by atoms with Crippen LogP contribution >= 0.6 is 0 Å². The number of hydrogen-bond donors (Lipinski definition) is 2. The molecule has 0 heterocycles. The topological polar surface area (TPSA) is 63.3 Å². The molecule has 64 valence electrons. The molecule has 2 atom stereocenters. The molecule has 0 amide bonds. The molecule has 3 nitrogen and oxygen atoms in total. The molecule has 1 aliphatic rings. The van der Waals surface area contributed by atoms with Gasteiger partial charge in [-0.25, -0.2) is 4.39 Å². The number of nitrogens with two attached hydrogens (primary N) is 1. The van der Waals surface area contributed by atoms with Crippen molar-refractivity contribution in [3.05, 3.63) is 0 Å². The summed E-state index contributed by atoms with van der Waals surface area (Å²) in [5, 5.41) is 8.53. The minimum absolute atomic E-state index is 0.0625. The average Bonchev–Trinajstić information content (AvgIpc) is 2.39. The summed E-state index contributed by atoms with van der Waals surface area (Å²) in [4.78, 5) is 10.4. The summed E-state index contributed by atoms with van der Waals surface area (Å²) in [5.41, 5.74) is 1.97. The van der Waals surface area contributed by atoms with Gasteiger partial charge < -0.3 is 10.8 Å². The van der Waals surface area contributed by atoms with E-state index in [-0.39, 0.29) is 12.3 Å². The highest BCUT2D eigenvalue weighted by Gasteiger charge is 2.73. The van der Waals surface area contributed by atoms with Crippen LogP contribution in [-0.4, -0.2) is 22.3 Å². The fourth-order valence-electron chi connectivity index (χ4n) is 1.33. The third-order valence-electron chi connectivity index (χ3n) is 2.45. The van der Waals surface area contributed by atoms with Crippen molar-refractivity contribution < 1.29 is 14.3 Å². The van der Waals surface area contributed by atoms with Crippen LogP contribution in [-0.2, 0) is 4.79 Å². The van der Waals surface area contributed by atoms with E-state index in [4.69, 9.17) is 10.8 Å². The standard InChI is InChI=1S/C7H12FNO2/c1-4(2)6(8)3-7(6,9)5(10)11/h4H,3,9H2,1-2H3,(H,10,11). The van der Waals surface area contributed by atoms with Gasteiger partial charge in [-0.05, 0) is 5.92 Å². The van der Waals surface area contributed by atoms with Gasteiger partial charge in [0.05, 0.1) is 0 Å². The average molecular weight is 161 g/mol. The van der Waals surface area contributed by atoms with Crippen molar-refractivity contribution in [2.24, 2.45) is 11.7 Å². The summed E-state index contributed by atoms with van der Waals surface area (Å²) < 4.78 is 13.4. The lowest BCUT2D eigenvalue weighted by molar-refractivity contribution is -0.141. The first-order valence-electron chi connectivity index (χ1n) is 3.56. The van der Waals surface area contributed by atoms with Crippen molar-refractivity contribution in [2.75, 3.05) is 0 Å². The van der Waals surface area contributed by atoms with Gasteiger partial charge in [0.1, 0.15) is 5.67 Å². The summed E-state index contributed by atoms with van der Waals surface area (Å²) in [6, 6.07) is 0. The first-order chi connectivity index (χ1) is 4.84. The summed E-state index contributed by atoms with van der Waals surface area (Å²) >= 11 is 0. The Balaban J connectivity index is 2.79. The van der Waals surface area contributed by atoms with E-state index in [2.05, 4.69) is 0 Å². The Kier molecular flexibility index (Phi) is 1.49. The van der Waals surface area contributed by atoms with E-state index in [9.17, 15) is 9.18 Å². The highest BCUT2D eigenvalue weighted by molar-refractivity contribution is 5.85. The normalized spacial score (nSPS) is 42.6. The highest BCUT2D eigenvalue weighted by atomic mass is 19.1. The van der Waals surface area contributed by atoms with Crippen LogP contribution in [0.4, 0.5) is 4.39 Å². The van der Waals surface area contributed by atoms with E-state index >= 15 is 0 Å². The minimum atomic E-state index is -1.70. The zero-order valence-corrected chi connectivity index (χ0v) is 6.60. The third kappa shape index (κ3) is 0.854. The van der Waals surface area contributed by atoms with Gasteiger partial charge in [0.15, 0.2) is 5.54 Å². The van der Waals surface area contributed by atoms with E-state index < -0.39 is 17.2 Å². The van der Waals surface area contributed by atoms with Crippen LogP contribution in [0.15, 0.2) is 0 Å². The number of hydrogen-bond acceptors (Lipinski definition) is 2. The maximum Gasteiger partial charge on any atom is 0.327 e.